The van der Waals surface area contributed by atoms with Gasteiger partial charge in [0.2, 0.25) is 0 Å². The van der Waals surface area contributed by atoms with E-state index in [0.29, 0.717) is 0 Å². The van der Waals surface area contributed by atoms with Crippen molar-refractivity contribution in [1.82, 2.24) is 4.90 Å². The minimum absolute atomic E-state index is 0.195. The normalized spacial score (nSPS) is 15.8. The van der Waals surface area contributed by atoms with Crippen LogP contribution >= 0.6 is 0 Å². The van der Waals surface area contributed by atoms with Gasteiger partial charge in [0.15, 0.2) is 0 Å². The summed E-state index contributed by atoms with van der Waals surface area (Å²) in [6.07, 6.45) is 13.1. The minimum atomic E-state index is -0.222. The van der Waals surface area contributed by atoms with Crippen molar-refractivity contribution in [2.75, 3.05) is 13.6 Å². The number of rotatable bonds is 6. The Labute approximate surface area is 153 Å². The fourth-order valence-electron chi connectivity index (χ4n) is 2.91. The van der Waals surface area contributed by atoms with E-state index in [1.807, 2.05) is 12.1 Å². The molecule has 1 unspecified atom stereocenters. The van der Waals surface area contributed by atoms with E-state index in [-0.39, 0.29) is 11.2 Å². The molecule has 0 aliphatic carbocycles. The Hall–Kier alpha value is -1.83. The molecular formula is C23H34FN. The Morgan fingerprint density at radius 1 is 1.24 bits per heavy atom. The average molecular weight is 344 g/mol. The molecule has 1 heterocycles. The summed E-state index contributed by atoms with van der Waals surface area (Å²) in [5.41, 5.74) is 3.00. The smallest absolute Gasteiger partial charge is 0.123 e. The number of nitrogens with zero attached hydrogens (tertiary/aromatic N) is 1. The van der Waals surface area contributed by atoms with Gasteiger partial charge in [0.25, 0.3) is 0 Å². The second-order valence-corrected chi connectivity index (χ2v) is 6.88. The fourth-order valence-corrected chi connectivity index (χ4v) is 2.91. The van der Waals surface area contributed by atoms with E-state index >= 15 is 0 Å². The van der Waals surface area contributed by atoms with E-state index in [0.717, 1.165) is 29.8 Å². The van der Waals surface area contributed by atoms with Gasteiger partial charge in [-0.15, -0.1) is 6.58 Å². The lowest BCUT2D eigenvalue weighted by Gasteiger charge is -2.31. The number of allylic oxidation sites excluding steroid dienone is 3. The SMILES string of the molecule is C=CC(C)(CC)c1cc(F)ccc1C1=CC=CCN1C.CCCCC. The van der Waals surface area contributed by atoms with Gasteiger partial charge in [0, 0.05) is 30.3 Å². The summed E-state index contributed by atoms with van der Waals surface area (Å²) in [7, 11) is 2.06. The first-order chi connectivity index (χ1) is 11.9. The zero-order chi connectivity index (χ0) is 18.9. The van der Waals surface area contributed by atoms with Crippen LogP contribution in [0.4, 0.5) is 4.39 Å². The molecule has 0 radical (unpaired) electrons. The third kappa shape index (κ3) is 5.59. The molecule has 1 aromatic rings. The van der Waals surface area contributed by atoms with Crippen molar-refractivity contribution >= 4 is 5.70 Å². The van der Waals surface area contributed by atoms with Crippen molar-refractivity contribution in [2.45, 2.75) is 58.8 Å². The summed E-state index contributed by atoms with van der Waals surface area (Å²) in [5.74, 6) is -0.195. The van der Waals surface area contributed by atoms with Crippen LogP contribution in [0.5, 0.6) is 0 Å². The first-order valence-electron chi connectivity index (χ1n) is 9.45. The van der Waals surface area contributed by atoms with Gasteiger partial charge in [-0.25, -0.2) is 4.39 Å². The minimum Gasteiger partial charge on any atom is -0.370 e. The number of hydrogen-bond donors (Lipinski definition) is 0. The Balaban J connectivity index is 0.000000550. The fraction of sp³-hybridized carbons (Fsp3) is 0.478. The molecule has 1 aromatic carbocycles. The van der Waals surface area contributed by atoms with Crippen LogP contribution in [0.15, 0.2) is 49.1 Å². The highest BCUT2D eigenvalue weighted by molar-refractivity contribution is 5.70. The Morgan fingerprint density at radius 3 is 2.40 bits per heavy atom. The monoisotopic (exact) mass is 343 g/mol. The van der Waals surface area contributed by atoms with Gasteiger partial charge in [-0.05, 0) is 36.3 Å². The number of hydrogen-bond acceptors (Lipinski definition) is 1. The molecule has 0 amide bonds. The molecule has 0 fully saturated rings. The Kier molecular flexibility index (Phi) is 8.68. The van der Waals surface area contributed by atoms with Crippen LogP contribution in [-0.4, -0.2) is 18.5 Å². The Bertz CT molecular complexity index is 613. The molecule has 1 aliphatic rings. The molecular weight excluding hydrogens is 309 g/mol. The highest BCUT2D eigenvalue weighted by Crippen LogP contribution is 2.36. The third-order valence-corrected chi connectivity index (χ3v) is 4.95. The molecule has 1 nitrogen and oxygen atoms in total. The zero-order valence-electron chi connectivity index (χ0n) is 16.6. The molecule has 25 heavy (non-hydrogen) atoms. The lowest BCUT2D eigenvalue weighted by atomic mass is 9.77. The lowest BCUT2D eigenvalue weighted by molar-refractivity contribution is 0.521. The molecule has 0 saturated heterocycles. The predicted octanol–water partition coefficient (Wildman–Crippen LogP) is 6.72. The van der Waals surface area contributed by atoms with Crippen molar-refractivity contribution in [3.63, 3.8) is 0 Å². The van der Waals surface area contributed by atoms with Crippen LogP contribution in [0.25, 0.3) is 5.70 Å². The van der Waals surface area contributed by atoms with Gasteiger partial charge in [-0.2, -0.15) is 0 Å². The van der Waals surface area contributed by atoms with E-state index in [9.17, 15) is 4.39 Å². The first kappa shape index (κ1) is 21.2. The van der Waals surface area contributed by atoms with Gasteiger partial charge in [0.05, 0.1) is 0 Å². The summed E-state index contributed by atoms with van der Waals surface area (Å²) in [4.78, 5) is 2.18. The molecule has 0 N–H and O–H groups in total. The topological polar surface area (TPSA) is 3.24 Å². The van der Waals surface area contributed by atoms with Crippen molar-refractivity contribution in [1.29, 1.82) is 0 Å². The maximum atomic E-state index is 13.7. The Morgan fingerprint density at radius 2 is 1.92 bits per heavy atom. The van der Waals surface area contributed by atoms with Crippen molar-refractivity contribution < 1.29 is 4.39 Å². The quantitative estimate of drug-likeness (QED) is 0.518. The highest BCUT2D eigenvalue weighted by Gasteiger charge is 2.26. The molecule has 0 aromatic heterocycles. The third-order valence-electron chi connectivity index (χ3n) is 4.95. The predicted molar refractivity (Wildman–Crippen MR) is 109 cm³/mol. The van der Waals surface area contributed by atoms with Crippen LogP contribution in [0.1, 0.15) is 64.5 Å². The molecule has 2 rings (SSSR count). The van der Waals surface area contributed by atoms with Crippen LogP contribution in [0.3, 0.4) is 0 Å². The second-order valence-electron chi connectivity index (χ2n) is 6.88. The van der Waals surface area contributed by atoms with Crippen molar-refractivity contribution in [3.05, 3.63) is 66.0 Å². The summed E-state index contributed by atoms with van der Waals surface area (Å²) < 4.78 is 13.7. The molecule has 2 heteroatoms. The highest BCUT2D eigenvalue weighted by atomic mass is 19.1. The molecule has 0 bridgehead atoms. The van der Waals surface area contributed by atoms with Gasteiger partial charge in [-0.3, -0.25) is 0 Å². The maximum Gasteiger partial charge on any atom is 0.123 e. The number of halogens is 1. The summed E-state index contributed by atoms with van der Waals surface area (Å²) >= 11 is 0. The molecule has 0 saturated carbocycles. The molecule has 1 aliphatic heterocycles. The van der Waals surface area contributed by atoms with Gasteiger partial charge in [-0.1, -0.05) is 65.2 Å². The lowest BCUT2D eigenvalue weighted by Crippen LogP contribution is -2.24. The van der Waals surface area contributed by atoms with Gasteiger partial charge >= 0.3 is 0 Å². The van der Waals surface area contributed by atoms with E-state index in [1.165, 1.54) is 25.3 Å². The van der Waals surface area contributed by atoms with Crippen molar-refractivity contribution in [2.24, 2.45) is 0 Å². The zero-order valence-corrected chi connectivity index (χ0v) is 16.6. The average Bonchev–Trinajstić information content (AvgIpc) is 2.63. The molecule has 1 atom stereocenters. The van der Waals surface area contributed by atoms with Crippen LogP contribution < -0.4 is 0 Å². The van der Waals surface area contributed by atoms with E-state index < -0.39 is 0 Å². The van der Waals surface area contributed by atoms with E-state index in [1.54, 1.807) is 6.07 Å². The number of benzene rings is 1. The van der Waals surface area contributed by atoms with Gasteiger partial charge in [0.1, 0.15) is 5.82 Å². The van der Waals surface area contributed by atoms with Crippen LogP contribution in [0, 0.1) is 5.82 Å². The summed E-state index contributed by atoms with van der Waals surface area (Å²) in [5, 5.41) is 0. The van der Waals surface area contributed by atoms with E-state index in [4.69, 9.17) is 0 Å². The molecule has 0 spiro atoms. The number of unbranched alkanes of at least 4 members (excludes halogenated alkanes) is 2. The van der Waals surface area contributed by atoms with Crippen LogP contribution in [-0.2, 0) is 5.41 Å². The van der Waals surface area contributed by atoms with E-state index in [2.05, 4.69) is 64.4 Å². The second kappa shape index (κ2) is 10.2. The van der Waals surface area contributed by atoms with Crippen LogP contribution in [0.2, 0.25) is 0 Å². The summed E-state index contributed by atoms with van der Waals surface area (Å²) in [6, 6.07) is 5.06. The van der Waals surface area contributed by atoms with Gasteiger partial charge < -0.3 is 4.90 Å². The largest absolute Gasteiger partial charge is 0.370 e. The maximum absolute atomic E-state index is 13.7. The standard InChI is InChI=1S/C18H22FN.C5H12/c1-5-18(3,6-2)16-13-14(19)10-11-15(16)17-9-7-8-12-20(17)4;1-3-5-4-2/h5,7-11,13H,1,6,12H2,2-4H3;3-5H2,1-2H3. The number of likely N-dealkylation sites (N-methyl/N-ethyl adjacent to an activating group) is 1. The molecule has 138 valence electrons. The van der Waals surface area contributed by atoms with Crippen molar-refractivity contribution in [3.8, 4) is 0 Å². The summed E-state index contributed by atoms with van der Waals surface area (Å²) in [6.45, 7) is 13.5. The first-order valence-corrected chi connectivity index (χ1v) is 9.45.